The van der Waals surface area contributed by atoms with E-state index in [4.69, 9.17) is 9.47 Å². The third-order valence-electron chi connectivity index (χ3n) is 1.89. The van der Waals surface area contributed by atoms with Gasteiger partial charge in [0, 0.05) is 20.1 Å². The van der Waals surface area contributed by atoms with Crippen molar-refractivity contribution < 1.29 is 14.4 Å². The maximum absolute atomic E-state index is 10.4. The van der Waals surface area contributed by atoms with Crippen LogP contribution in [0.15, 0.2) is 30.0 Å². The van der Waals surface area contributed by atoms with Crippen molar-refractivity contribution >= 4 is 6.08 Å². The minimum absolute atomic E-state index is 0.102. The molecule has 0 aliphatic rings. The van der Waals surface area contributed by atoms with Gasteiger partial charge in [-0.2, -0.15) is 0 Å². The molecule has 1 aromatic carbocycles. The van der Waals surface area contributed by atoms with Gasteiger partial charge in [-0.05, 0) is 17.7 Å². The molecule has 1 rings (SSSR count). The standard InChI is InChI=1S/C11H13NO4/c1-9(12(13)14)7-10-3-5-11(6-4-10)16-8-15-2/h3-7H,8H2,1-2H3. The molecule has 0 bridgehead atoms. The first-order valence-corrected chi connectivity index (χ1v) is 4.68. The van der Waals surface area contributed by atoms with Crippen molar-refractivity contribution in [3.63, 3.8) is 0 Å². The molecular weight excluding hydrogens is 210 g/mol. The average Bonchev–Trinajstić information content (AvgIpc) is 2.28. The summed E-state index contributed by atoms with van der Waals surface area (Å²) in [5.74, 6) is 0.665. The van der Waals surface area contributed by atoms with Crippen molar-refractivity contribution in [1.29, 1.82) is 0 Å². The van der Waals surface area contributed by atoms with Crippen LogP contribution in [-0.2, 0) is 4.74 Å². The van der Waals surface area contributed by atoms with E-state index >= 15 is 0 Å². The van der Waals surface area contributed by atoms with Gasteiger partial charge in [-0.3, -0.25) is 10.1 Å². The molecule has 0 radical (unpaired) electrons. The molecule has 1 aromatic rings. The summed E-state index contributed by atoms with van der Waals surface area (Å²) in [6, 6.07) is 6.96. The van der Waals surface area contributed by atoms with Crippen LogP contribution in [0, 0.1) is 10.1 Å². The Labute approximate surface area is 93.4 Å². The first-order chi connectivity index (χ1) is 7.63. The number of hydrogen-bond acceptors (Lipinski definition) is 4. The molecule has 0 fully saturated rings. The molecule has 0 heterocycles. The number of allylic oxidation sites excluding steroid dienone is 1. The molecule has 16 heavy (non-hydrogen) atoms. The van der Waals surface area contributed by atoms with Gasteiger partial charge in [0.2, 0.25) is 5.70 Å². The molecule has 0 aliphatic carbocycles. The first kappa shape index (κ1) is 12.2. The molecule has 0 N–H and O–H groups in total. The molecule has 0 aliphatic heterocycles. The smallest absolute Gasteiger partial charge is 0.243 e. The van der Waals surface area contributed by atoms with Crippen LogP contribution in [0.3, 0.4) is 0 Å². The highest BCUT2D eigenvalue weighted by molar-refractivity contribution is 5.51. The summed E-state index contributed by atoms with van der Waals surface area (Å²) >= 11 is 0. The first-order valence-electron chi connectivity index (χ1n) is 4.68. The van der Waals surface area contributed by atoms with Crippen molar-refractivity contribution in [3.05, 3.63) is 45.6 Å². The van der Waals surface area contributed by atoms with Gasteiger partial charge >= 0.3 is 0 Å². The van der Waals surface area contributed by atoms with Crippen LogP contribution in [-0.4, -0.2) is 18.8 Å². The second-order valence-corrected chi connectivity index (χ2v) is 3.16. The minimum atomic E-state index is -0.421. The number of nitro groups is 1. The largest absolute Gasteiger partial charge is 0.468 e. The summed E-state index contributed by atoms with van der Waals surface area (Å²) in [4.78, 5) is 9.99. The van der Waals surface area contributed by atoms with Gasteiger partial charge in [0.25, 0.3) is 0 Å². The zero-order chi connectivity index (χ0) is 12.0. The van der Waals surface area contributed by atoms with Crippen molar-refractivity contribution in [2.24, 2.45) is 0 Å². The van der Waals surface area contributed by atoms with Gasteiger partial charge in [-0.25, -0.2) is 0 Å². The Morgan fingerprint density at radius 3 is 2.56 bits per heavy atom. The topological polar surface area (TPSA) is 61.6 Å². The molecule has 0 atom stereocenters. The van der Waals surface area contributed by atoms with Gasteiger partial charge in [0.1, 0.15) is 5.75 Å². The Morgan fingerprint density at radius 2 is 2.06 bits per heavy atom. The van der Waals surface area contributed by atoms with E-state index in [1.165, 1.54) is 20.1 Å². The lowest BCUT2D eigenvalue weighted by molar-refractivity contribution is -0.422. The second-order valence-electron chi connectivity index (χ2n) is 3.16. The van der Waals surface area contributed by atoms with E-state index in [-0.39, 0.29) is 12.5 Å². The summed E-state index contributed by atoms with van der Waals surface area (Å²) in [6.45, 7) is 1.64. The summed E-state index contributed by atoms with van der Waals surface area (Å²) in [5, 5.41) is 10.4. The summed E-state index contributed by atoms with van der Waals surface area (Å²) in [7, 11) is 1.54. The number of benzene rings is 1. The van der Waals surface area contributed by atoms with E-state index in [0.717, 1.165) is 5.56 Å². The van der Waals surface area contributed by atoms with Gasteiger partial charge in [0.15, 0.2) is 6.79 Å². The van der Waals surface area contributed by atoms with Gasteiger partial charge in [0.05, 0.1) is 4.92 Å². The fourth-order valence-electron chi connectivity index (χ4n) is 1.08. The fraction of sp³-hybridized carbons (Fsp3) is 0.273. The molecule has 0 amide bonds. The van der Waals surface area contributed by atoms with E-state index in [1.54, 1.807) is 24.3 Å². The number of methoxy groups -OCH3 is 1. The summed E-state index contributed by atoms with van der Waals surface area (Å²) < 4.78 is 9.93. The van der Waals surface area contributed by atoms with E-state index in [1.807, 2.05) is 0 Å². The van der Waals surface area contributed by atoms with E-state index in [2.05, 4.69) is 0 Å². The quantitative estimate of drug-likeness (QED) is 0.436. The van der Waals surface area contributed by atoms with E-state index < -0.39 is 4.92 Å². The lowest BCUT2D eigenvalue weighted by Crippen LogP contribution is -1.98. The highest BCUT2D eigenvalue weighted by atomic mass is 16.7. The highest BCUT2D eigenvalue weighted by Gasteiger charge is 2.01. The minimum Gasteiger partial charge on any atom is -0.468 e. The number of hydrogen-bond donors (Lipinski definition) is 0. The third-order valence-corrected chi connectivity index (χ3v) is 1.89. The van der Waals surface area contributed by atoms with Gasteiger partial charge in [-0.15, -0.1) is 0 Å². The lowest BCUT2D eigenvalue weighted by Gasteiger charge is -2.03. The maximum atomic E-state index is 10.4. The number of ether oxygens (including phenoxy) is 2. The van der Waals surface area contributed by atoms with Crippen LogP contribution in [0.25, 0.3) is 6.08 Å². The Balaban J connectivity index is 2.71. The van der Waals surface area contributed by atoms with Crippen molar-refractivity contribution in [2.75, 3.05) is 13.9 Å². The molecule has 0 saturated carbocycles. The van der Waals surface area contributed by atoms with Crippen LogP contribution in [0.2, 0.25) is 0 Å². The lowest BCUT2D eigenvalue weighted by atomic mass is 10.2. The van der Waals surface area contributed by atoms with Gasteiger partial charge in [-0.1, -0.05) is 12.1 Å². The van der Waals surface area contributed by atoms with Crippen LogP contribution < -0.4 is 4.74 Å². The number of nitrogens with zero attached hydrogens (tertiary/aromatic N) is 1. The molecule has 0 unspecified atom stereocenters. The highest BCUT2D eigenvalue weighted by Crippen LogP contribution is 2.14. The predicted octanol–water partition coefficient (Wildman–Crippen LogP) is 2.31. The molecule has 86 valence electrons. The van der Waals surface area contributed by atoms with Crippen LogP contribution in [0.1, 0.15) is 12.5 Å². The molecule has 0 aromatic heterocycles. The molecule has 5 heteroatoms. The van der Waals surface area contributed by atoms with Crippen LogP contribution in [0.4, 0.5) is 0 Å². The predicted molar refractivity (Wildman–Crippen MR) is 59.6 cm³/mol. The summed E-state index contributed by atoms with van der Waals surface area (Å²) in [6.07, 6.45) is 1.50. The van der Waals surface area contributed by atoms with E-state index in [9.17, 15) is 10.1 Å². The average molecular weight is 223 g/mol. The van der Waals surface area contributed by atoms with Crippen LogP contribution in [0.5, 0.6) is 5.75 Å². The molecular formula is C11H13NO4. The zero-order valence-electron chi connectivity index (χ0n) is 9.17. The second kappa shape index (κ2) is 5.87. The summed E-state index contributed by atoms with van der Waals surface area (Å²) in [5.41, 5.74) is 0.865. The molecule has 0 spiro atoms. The van der Waals surface area contributed by atoms with Crippen molar-refractivity contribution in [1.82, 2.24) is 0 Å². The third kappa shape index (κ3) is 3.70. The Hall–Kier alpha value is -1.88. The number of rotatable bonds is 5. The molecule has 5 nitrogen and oxygen atoms in total. The monoisotopic (exact) mass is 223 g/mol. The Bertz CT molecular complexity index is 383. The van der Waals surface area contributed by atoms with E-state index in [0.29, 0.717) is 5.75 Å². The molecule has 0 saturated heterocycles. The zero-order valence-corrected chi connectivity index (χ0v) is 9.17. The van der Waals surface area contributed by atoms with Crippen LogP contribution >= 0.6 is 0 Å². The van der Waals surface area contributed by atoms with Gasteiger partial charge < -0.3 is 9.47 Å². The Kier molecular flexibility index (Phi) is 4.47. The van der Waals surface area contributed by atoms with Crippen molar-refractivity contribution in [3.8, 4) is 5.75 Å². The maximum Gasteiger partial charge on any atom is 0.243 e. The van der Waals surface area contributed by atoms with Crippen molar-refractivity contribution in [2.45, 2.75) is 6.92 Å². The normalized spacial score (nSPS) is 11.2. The SMILES string of the molecule is COCOc1ccc(C=C(C)[N+](=O)[O-])cc1. The fourth-order valence-corrected chi connectivity index (χ4v) is 1.08. The Morgan fingerprint density at radius 1 is 1.44 bits per heavy atom.